The van der Waals surface area contributed by atoms with Crippen LogP contribution in [-0.4, -0.2) is 68.7 Å². The molecule has 0 spiro atoms. The fourth-order valence-electron chi connectivity index (χ4n) is 6.66. The molecule has 1 aliphatic heterocycles. The molecule has 3 aromatic carbocycles. The van der Waals surface area contributed by atoms with Crippen LogP contribution in [0.2, 0.25) is 10.0 Å². The molecule has 4 aromatic rings. The number of imidazole rings is 1. The molecule has 298 valence electrons. The average molecular weight is 836 g/mol. The van der Waals surface area contributed by atoms with Crippen molar-refractivity contribution in [1.82, 2.24) is 4.57 Å². The first kappa shape index (κ1) is 42.3. The molecular formula is C39H39Cl2F3N4O7S. The lowest BCUT2D eigenvalue weighted by Crippen LogP contribution is -2.43. The number of hydrogen-bond donors (Lipinski definition) is 0. The van der Waals surface area contributed by atoms with E-state index in [1.165, 1.54) is 19.2 Å². The zero-order valence-corrected chi connectivity index (χ0v) is 33.2. The minimum Gasteiger partial charge on any atom is -0.748 e. The summed E-state index contributed by atoms with van der Waals surface area (Å²) in [5.74, 6) is -1.32. The Morgan fingerprint density at radius 3 is 2.12 bits per heavy atom. The maximum absolute atomic E-state index is 14.1. The molecule has 56 heavy (non-hydrogen) atoms. The summed E-state index contributed by atoms with van der Waals surface area (Å²) in [6.07, 6.45) is 2.58. The van der Waals surface area contributed by atoms with Crippen LogP contribution in [0.1, 0.15) is 52.4 Å². The number of nitrogens with zero attached hydrogens (tertiary/aromatic N) is 4. The minimum absolute atomic E-state index is 0.0259. The van der Waals surface area contributed by atoms with Gasteiger partial charge in [-0.05, 0) is 56.0 Å². The number of fused-ring (bicyclic) bond motifs is 2. The Hall–Kier alpha value is -4.83. The predicted octanol–water partition coefficient (Wildman–Crippen LogP) is 7.70. The molecule has 1 aromatic heterocycles. The Kier molecular flexibility index (Phi) is 13.3. The van der Waals surface area contributed by atoms with Crippen molar-refractivity contribution in [2.45, 2.75) is 46.0 Å². The van der Waals surface area contributed by atoms with E-state index in [1.54, 1.807) is 52.8 Å². The van der Waals surface area contributed by atoms with Crippen molar-refractivity contribution in [3.8, 4) is 0 Å². The van der Waals surface area contributed by atoms with Gasteiger partial charge in [-0.25, -0.2) is 27.1 Å². The topological polar surface area (TPSA) is 125 Å². The second-order valence-corrected chi connectivity index (χ2v) is 15.0. The summed E-state index contributed by atoms with van der Waals surface area (Å²) in [6.45, 7) is 3.09. The Morgan fingerprint density at radius 2 is 1.54 bits per heavy atom. The number of hydrogen-bond acceptors (Lipinski definition) is 9. The molecule has 0 radical (unpaired) electrons. The van der Waals surface area contributed by atoms with Crippen LogP contribution in [0.3, 0.4) is 0 Å². The molecule has 0 saturated heterocycles. The fraction of sp³-hybridized carbons (Fsp3) is 0.308. The lowest BCUT2D eigenvalue weighted by molar-refractivity contribution is -0.698. The summed E-state index contributed by atoms with van der Waals surface area (Å²) in [7, 11) is -2.15. The highest BCUT2D eigenvalue weighted by atomic mass is 35.5. The van der Waals surface area contributed by atoms with Crippen molar-refractivity contribution in [2.24, 2.45) is 0 Å². The SMILES string of the molecule is CCN1\C(=C/C=C(/C=C/c2n(CC)c3cc(Cl)c(C(=O)OC)cc3[n+]2CC(F)(F)F)Cc2ccccc2)N(CCCS(=O)(=O)[O-])c2cc(C(=O)OC)c(Cl)cc21. The van der Waals surface area contributed by atoms with Crippen LogP contribution in [0, 0.1) is 0 Å². The number of ether oxygens (including phenoxy) is 2. The third-order valence-electron chi connectivity index (χ3n) is 9.10. The quantitative estimate of drug-likeness (QED) is 0.0544. The van der Waals surface area contributed by atoms with Gasteiger partial charge in [0.25, 0.3) is 5.82 Å². The number of rotatable bonds is 14. The number of methoxy groups -OCH3 is 2. The highest BCUT2D eigenvalue weighted by Crippen LogP contribution is 2.44. The maximum atomic E-state index is 14.1. The van der Waals surface area contributed by atoms with Crippen LogP contribution < -0.4 is 14.4 Å². The van der Waals surface area contributed by atoms with Gasteiger partial charge >= 0.3 is 18.1 Å². The fourth-order valence-corrected chi connectivity index (χ4v) is 7.61. The summed E-state index contributed by atoms with van der Waals surface area (Å²) in [5, 5.41) is 0.164. The van der Waals surface area contributed by atoms with Crippen LogP contribution in [0.4, 0.5) is 24.5 Å². The molecule has 0 atom stereocenters. The van der Waals surface area contributed by atoms with Crippen LogP contribution in [0.5, 0.6) is 0 Å². The number of benzene rings is 3. The van der Waals surface area contributed by atoms with Gasteiger partial charge in [0, 0.05) is 37.1 Å². The van der Waals surface area contributed by atoms with Gasteiger partial charge < -0.3 is 23.8 Å². The summed E-state index contributed by atoms with van der Waals surface area (Å²) in [6, 6.07) is 15.3. The van der Waals surface area contributed by atoms with Gasteiger partial charge in [-0.3, -0.25) is 0 Å². The van der Waals surface area contributed by atoms with Crippen molar-refractivity contribution in [3.05, 3.63) is 117 Å². The standard InChI is InChI=1S/C39H39Cl2F3N4O7S/c1-5-45-33-22-29(40)27(37(49)54-3)20-31(33)47(17-10-18-56(51,52)53)35(45)15-13-26(19-25-11-8-7-9-12-25)14-16-36-46(6-2)34-23-30(41)28(38(50)55-4)21-32(34)48(36)24-39(42,43)44/h7-9,11-16,20-23H,5-6,10,17-19,24H2,1-4H3. The van der Waals surface area contributed by atoms with E-state index in [0.29, 0.717) is 41.3 Å². The number of alkyl halides is 3. The number of allylic oxidation sites excluding steroid dienone is 4. The molecule has 0 bridgehead atoms. The van der Waals surface area contributed by atoms with Crippen molar-refractivity contribution >= 4 is 73.7 Å². The molecule has 0 fully saturated rings. The molecule has 0 unspecified atom stereocenters. The van der Waals surface area contributed by atoms with Crippen LogP contribution in [0.25, 0.3) is 17.1 Å². The minimum atomic E-state index is -4.62. The van der Waals surface area contributed by atoms with Gasteiger partial charge in [0.2, 0.25) is 0 Å². The summed E-state index contributed by atoms with van der Waals surface area (Å²) < 4.78 is 89.6. The number of esters is 2. The number of aromatic nitrogens is 2. The molecule has 11 nitrogen and oxygen atoms in total. The summed E-state index contributed by atoms with van der Waals surface area (Å²) >= 11 is 12.9. The van der Waals surface area contributed by atoms with Gasteiger partial charge in [-0.15, -0.1) is 0 Å². The average Bonchev–Trinajstić information content (AvgIpc) is 3.58. The second kappa shape index (κ2) is 17.5. The number of anilines is 2. The summed E-state index contributed by atoms with van der Waals surface area (Å²) in [4.78, 5) is 28.8. The van der Waals surface area contributed by atoms with Gasteiger partial charge in [-0.2, -0.15) is 13.2 Å². The van der Waals surface area contributed by atoms with E-state index in [0.717, 1.165) is 17.2 Å². The molecule has 0 amide bonds. The number of carbonyl (C=O) groups excluding carboxylic acids is 2. The van der Waals surface area contributed by atoms with Crippen molar-refractivity contribution in [2.75, 3.05) is 42.9 Å². The van der Waals surface area contributed by atoms with E-state index in [2.05, 4.69) is 0 Å². The molecule has 2 heterocycles. The Labute approximate surface area is 332 Å². The van der Waals surface area contributed by atoms with Gasteiger partial charge in [0.1, 0.15) is 5.82 Å². The third-order valence-corrected chi connectivity index (χ3v) is 10.5. The molecule has 0 aliphatic carbocycles. The highest BCUT2D eigenvalue weighted by Gasteiger charge is 2.37. The number of carbonyl (C=O) groups is 2. The number of aryl methyl sites for hydroxylation is 1. The van der Waals surface area contributed by atoms with E-state index < -0.39 is 40.5 Å². The lowest BCUT2D eigenvalue weighted by Gasteiger charge is -2.24. The molecule has 5 rings (SSSR count). The third kappa shape index (κ3) is 9.57. The van der Waals surface area contributed by atoms with Crippen molar-refractivity contribution in [3.63, 3.8) is 0 Å². The summed E-state index contributed by atoms with van der Waals surface area (Å²) in [5.41, 5.74) is 3.27. The van der Waals surface area contributed by atoms with Gasteiger partial charge in [-0.1, -0.05) is 65.7 Å². The number of halogens is 5. The van der Waals surface area contributed by atoms with Crippen LogP contribution >= 0.6 is 23.2 Å². The molecular weight excluding hydrogens is 796 g/mol. The largest absolute Gasteiger partial charge is 0.748 e. The molecule has 17 heteroatoms. The van der Waals surface area contributed by atoms with Gasteiger partial charge in [0.05, 0.1) is 63.4 Å². The highest BCUT2D eigenvalue weighted by molar-refractivity contribution is 7.85. The zero-order chi connectivity index (χ0) is 40.9. The molecule has 0 saturated carbocycles. The van der Waals surface area contributed by atoms with Crippen molar-refractivity contribution in [1.29, 1.82) is 0 Å². The Morgan fingerprint density at radius 1 is 0.911 bits per heavy atom. The van der Waals surface area contributed by atoms with Crippen LogP contribution in [0.15, 0.2) is 84.2 Å². The molecule has 0 N–H and O–H groups in total. The smallest absolute Gasteiger partial charge is 0.426 e. The van der Waals surface area contributed by atoms with Crippen molar-refractivity contribution < 1.29 is 49.8 Å². The first-order valence-corrected chi connectivity index (χ1v) is 19.8. The van der Waals surface area contributed by atoms with Crippen LogP contribution in [-0.2, 0) is 39.1 Å². The Bertz CT molecular complexity index is 2340. The first-order chi connectivity index (χ1) is 26.5. The van der Waals surface area contributed by atoms with E-state index in [4.69, 9.17) is 32.7 Å². The van der Waals surface area contributed by atoms with E-state index in [-0.39, 0.29) is 52.0 Å². The zero-order valence-electron chi connectivity index (χ0n) is 30.9. The monoisotopic (exact) mass is 834 g/mol. The van der Waals surface area contributed by atoms with E-state index in [1.807, 2.05) is 42.2 Å². The first-order valence-electron chi connectivity index (χ1n) is 17.4. The lowest BCUT2D eigenvalue weighted by atomic mass is 10.0. The van der Waals surface area contributed by atoms with E-state index >= 15 is 0 Å². The Balaban J connectivity index is 1.69. The molecule has 1 aliphatic rings. The van der Waals surface area contributed by atoms with E-state index in [9.17, 15) is 35.7 Å². The maximum Gasteiger partial charge on any atom is 0.426 e. The van der Waals surface area contributed by atoms with Gasteiger partial charge in [0.15, 0.2) is 17.6 Å². The normalized spacial score (nSPS) is 14.3. The predicted molar refractivity (Wildman–Crippen MR) is 208 cm³/mol. The second-order valence-electron chi connectivity index (χ2n) is 12.7.